The Morgan fingerprint density at radius 2 is 2.29 bits per heavy atom. The maximum absolute atomic E-state index is 11.3. The van der Waals surface area contributed by atoms with Crippen LogP contribution in [0.4, 0.5) is 0 Å². The number of nitrogens with zero attached hydrogens (tertiary/aromatic N) is 2. The number of imidazole rings is 1. The average Bonchev–Trinajstić information content (AvgIpc) is 2.77. The van der Waals surface area contributed by atoms with E-state index in [9.17, 15) is 8.42 Å². The number of nitrogens with one attached hydrogen (secondary N) is 1. The first-order valence-electron chi connectivity index (χ1n) is 4.58. The third-order valence-electron chi connectivity index (χ3n) is 2.43. The lowest BCUT2D eigenvalue weighted by Crippen LogP contribution is -2.12. The normalized spacial score (nSPS) is 19.3. The van der Waals surface area contributed by atoms with Gasteiger partial charge in [-0.05, 0) is 30.1 Å². The van der Waals surface area contributed by atoms with Gasteiger partial charge in [-0.3, -0.25) is 4.83 Å². The molecular formula is C8H7ClN4O2S2. The first kappa shape index (κ1) is 11.1. The molecule has 1 atom stereocenters. The molecule has 3 N–H and O–H groups in total. The molecule has 90 valence electrons. The van der Waals surface area contributed by atoms with Crippen LogP contribution in [0.3, 0.4) is 0 Å². The van der Waals surface area contributed by atoms with Crippen LogP contribution < -0.4 is 9.97 Å². The summed E-state index contributed by atoms with van der Waals surface area (Å²) >= 11 is 7.31. The van der Waals surface area contributed by atoms with Gasteiger partial charge in [0.05, 0.1) is 15.9 Å². The van der Waals surface area contributed by atoms with E-state index in [1.165, 1.54) is 24.1 Å². The Bertz CT molecular complexity index is 712. The Balaban J connectivity index is 2.30. The first-order chi connectivity index (χ1) is 7.97. The molecule has 0 aliphatic carbocycles. The van der Waals surface area contributed by atoms with Gasteiger partial charge in [-0.15, -0.1) is 11.6 Å². The van der Waals surface area contributed by atoms with Crippen LogP contribution in [0.15, 0.2) is 23.1 Å². The van der Waals surface area contributed by atoms with Crippen molar-refractivity contribution in [2.45, 2.75) is 9.60 Å². The van der Waals surface area contributed by atoms with E-state index >= 15 is 0 Å². The number of nitrogens with two attached hydrogens (primary N) is 1. The van der Waals surface area contributed by atoms with Gasteiger partial charge < -0.3 is 0 Å². The summed E-state index contributed by atoms with van der Waals surface area (Å²) in [7, 11) is -3.71. The Kier molecular flexibility index (Phi) is 2.31. The molecule has 6 nitrogen and oxygen atoms in total. The van der Waals surface area contributed by atoms with Crippen molar-refractivity contribution in [3.05, 3.63) is 24.0 Å². The minimum Gasteiger partial charge on any atom is -0.264 e. The van der Waals surface area contributed by atoms with Gasteiger partial charge in [-0.25, -0.2) is 23.2 Å². The highest BCUT2D eigenvalue weighted by molar-refractivity contribution is 8.01. The van der Waals surface area contributed by atoms with E-state index in [1.807, 2.05) is 0 Å². The monoisotopic (exact) mass is 290 g/mol. The topological polar surface area (TPSA) is 90.0 Å². The Labute approximate surface area is 106 Å². The number of aromatic nitrogens is 2. The lowest BCUT2D eigenvalue weighted by Gasteiger charge is -2.01. The molecule has 0 fully saturated rings. The van der Waals surface area contributed by atoms with E-state index in [-0.39, 0.29) is 9.60 Å². The molecule has 0 saturated heterocycles. The molecule has 2 heterocycles. The third-order valence-corrected chi connectivity index (χ3v) is 4.51. The van der Waals surface area contributed by atoms with Crippen molar-refractivity contribution >= 4 is 44.6 Å². The number of hydrogen-bond acceptors (Lipinski definition) is 5. The van der Waals surface area contributed by atoms with Gasteiger partial charge in [-0.2, -0.15) is 0 Å². The quantitative estimate of drug-likeness (QED) is 0.607. The summed E-state index contributed by atoms with van der Waals surface area (Å²) in [6, 6.07) is 4.51. The standard InChI is InChI=1S/C8H7ClN4O2S2/c9-7-8-11-5-2-1-4(17(10,14)15)3-6(5)13(8)12-16-7/h1-3,7,12H,(H2,10,14,15). The van der Waals surface area contributed by atoms with Crippen LogP contribution in [0, 0.1) is 0 Å². The summed E-state index contributed by atoms with van der Waals surface area (Å²) in [4.78, 5) is 7.32. The maximum Gasteiger partial charge on any atom is 0.238 e. The third kappa shape index (κ3) is 1.68. The number of alkyl halides is 1. The van der Waals surface area contributed by atoms with Gasteiger partial charge in [0.1, 0.15) is 0 Å². The Morgan fingerprint density at radius 3 is 3.00 bits per heavy atom. The zero-order valence-electron chi connectivity index (χ0n) is 8.29. The van der Waals surface area contributed by atoms with E-state index in [4.69, 9.17) is 16.7 Å². The molecule has 0 saturated carbocycles. The molecule has 1 aromatic heterocycles. The summed E-state index contributed by atoms with van der Waals surface area (Å²) in [6.07, 6.45) is 0. The highest BCUT2D eigenvalue weighted by Gasteiger charge is 2.26. The molecule has 0 radical (unpaired) electrons. The van der Waals surface area contributed by atoms with Crippen LogP contribution in [0.1, 0.15) is 10.5 Å². The van der Waals surface area contributed by atoms with Crippen molar-refractivity contribution in [1.29, 1.82) is 0 Å². The van der Waals surface area contributed by atoms with Crippen molar-refractivity contribution in [2.75, 3.05) is 4.83 Å². The Hall–Kier alpha value is -0.960. The van der Waals surface area contributed by atoms with Gasteiger partial charge >= 0.3 is 0 Å². The predicted molar refractivity (Wildman–Crippen MR) is 66.7 cm³/mol. The summed E-state index contributed by atoms with van der Waals surface area (Å²) < 4.78 is 23.9. The van der Waals surface area contributed by atoms with Gasteiger partial charge in [0.15, 0.2) is 10.5 Å². The zero-order valence-corrected chi connectivity index (χ0v) is 10.7. The number of sulfonamides is 1. The summed E-state index contributed by atoms with van der Waals surface area (Å²) in [6.45, 7) is 0. The second-order valence-electron chi connectivity index (χ2n) is 3.53. The summed E-state index contributed by atoms with van der Waals surface area (Å²) in [5.41, 5.74) is 1.31. The van der Waals surface area contributed by atoms with Crippen molar-refractivity contribution in [2.24, 2.45) is 5.14 Å². The second-order valence-corrected chi connectivity index (χ2v) is 6.67. The lowest BCUT2D eigenvalue weighted by molar-refractivity contribution is 0.598. The van der Waals surface area contributed by atoms with Crippen molar-refractivity contribution in [3.63, 3.8) is 0 Å². The van der Waals surface area contributed by atoms with Gasteiger partial charge in [0.2, 0.25) is 10.0 Å². The van der Waals surface area contributed by atoms with E-state index in [2.05, 4.69) is 9.82 Å². The summed E-state index contributed by atoms with van der Waals surface area (Å²) in [5, 5.41) is 5.08. The van der Waals surface area contributed by atoms with Crippen LogP contribution in [0.25, 0.3) is 11.0 Å². The SMILES string of the molecule is NS(=O)(=O)c1ccc2nc3n(c2c1)NSC3Cl. The first-order valence-corrected chi connectivity index (χ1v) is 7.44. The molecule has 1 aliphatic rings. The average molecular weight is 291 g/mol. The number of fused-ring (bicyclic) bond motifs is 3. The molecule has 1 aliphatic heterocycles. The molecule has 0 bridgehead atoms. The number of halogens is 1. The van der Waals surface area contributed by atoms with E-state index in [0.29, 0.717) is 16.9 Å². The number of hydrogen-bond donors (Lipinski definition) is 2. The summed E-state index contributed by atoms with van der Waals surface area (Å²) in [5.74, 6) is 0.651. The number of benzene rings is 1. The molecule has 3 rings (SSSR count). The minimum atomic E-state index is -3.71. The van der Waals surface area contributed by atoms with Gasteiger partial charge in [-0.1, -0.05) is 0 Å². The Morgan fingerprint density at radius 1 is 1.53 bits per heavy atom. The molecule has 2 aromatic rings. The van der Waals surface area contributed by atoms with Crippen molar-refractivity contribution in [3.8, 4) is 0 Å². The predicted octanol–water partition coefficient (Wildman–Crippen LogP) is 1.13. The number of rotatable bonds is 1. The zero-order chi connectivity index (χ0) is 12.2. The molecule has 17 heavy (non-hydrogen) atoms. The maximum atomic E-state index is 11.3. The highest BCUT2D eigenvalue weighted by Crippen LogP contribution is 2.38. The lowest BCUT2D eigenvalue weighted by atomic mass is 10.3. The smallest absolute Gasteiger partial charge is 0.238 e. The minimum absolute atomic E-state index is 0.0533. The molecule has 0 spiro atoms. The van der Waals surface area contributed by atoms with Crippen LogP contribution in [0.5, 0.6) is 0 Å². The molecule has 0 amide bonds. The highest BCUT2D eigenvalue weighted by atomic mass is 35.5. The van der Waals surface area contributed by atoms with E-state index in [1.54, 1.807) is 10.7 Å². The van der Waals surface area contributed by atoms with Crippen LogP contribution in [0.2, 0.25) is 0 Å². The van der Waals surface area contributed by atoms with E-state index < -0.39 is 10.0 Å². The second kappa shape index (κ2) is 3.52. The largest absolute Gasteiger partial charge is 0.264 e. The van der Waals surface area contributed by atoms with E-state index in [0.717, 1.165) is 0 Å². The fourth-order valence-electron chi connectivity index (χ4n) is 1.65. The van der Waals surface area contributed by atoms with Crippen LogP contribution in [-0.2, 0) is 10.0 Å². The molecular weight excluding hydrogens is 284 g/mol. The van der Waals surface area contributed by atoms with Crippen molar-refractivity contribution < 1.29 is 8.42 Å². The number of primary sulfonamides is 1. The van der Waals surface area contributed by atoms with Crippen LogP contribution >= 0.6 is 23.5 Å². The fourth-order valence-corrected chi connectivity index (χ4v) is 3.10. The van der Waals surface area contributed by atoms with Gasteiger partial charge in [0.25, 0.3) is 0 Å². The molecule has 9 heteroatoms. The molecule has 1 unspecified atom stereocenters. The van der Waals surface area contributed by atoms with Crippen molar-refractivity contribution in [1.82, 2.24) is 9.66 Å². The fraction of sp³-hybridized carbons (Fsp3) is 0.125. The van der Waals surface area contributed by atoms with Gasteiger partial charge in [0, 0.05) is 0 Å². The molecule has 1 aromatic carbocycles. The van der Waals surface area contributed by atoms with Crippen LogP contribution in [-0.4, -0.2) is 18.1 Å².